The Balaban J connectivity index is 1.15. The van der Waals surface area contributed by atoms with Gasteiger partial charge in [-0.05, 0) is 72.6 Å². The number of pyridine rings is 1. The molecule has 0 radical (unpaired) electrons. The molecule has 5 heterocycles. The molecule has 1 N–H and O–H groups in total. The van der Waals surface area contributed by atoms with Gasteiger partial charge in [0.05, 0.1) is 34.4 Å². The first-order valence-corrected chi connectivity index (χ1v) is 16.9. The number of fused-ring (bicyclic) bond motifs is 1. The molecule has 2 aromatic carbocycles. The van der Waals surface area contributed by atoms with Crippen molar-refractivity contribution in [3.8, 4) is 22.9 Å². The van der Waals surface area contributed by atoms with Gasteiger partial charge in [-0.1, -0.05) is 24.3 Å². The van der Waals surface area contributed by atoms with E-state index < -0.39 is 28.3 Å². The highest BCUT2D eigenvalue weighted by atomic mass is 79.9. The molecule has 2 fully saturated rings. The van der Waals surface area contributed by atoms with E-state index in [4.69, 9.17) is 18.8 Å². The minimum Gasteiger partial charge on any atom is -0.484 e. The molecule has 0 amide bonds. The molecule has 11 nitrogen and oxygen atoms in total. The monoisotopic (exact) mass is 701 g/mol. The third-order valence-electron chi connectivity index (χ3n) is 8.88. The molecule has 5 aromatic rings. The van der Waals surface area contributed by atoms with Crippen molar-refractivity contribution in [1.82, 2.24) is 19.2 Å². The molecule has 7 rings (SSSR count). The largest absolute Gasteiger partial charge is 0.498 e. The van der Waals surface area contributed by atoms with Crippen LogP contribution < -0.4 is 10.2 Å². The van der Waals surface area contributed by atoms with E-state index in [2.05, 4.69) is 37.2 Å². The fourth-order valence-corrected chi connectivity index (χ4v) is 7.51. The van der Waals surface area contributed by atoms with Crippen molar-refractivity contribution >= 4 is 49.6 Å². The summed E-state index contributed by atoms with van der Waals surface area (Å²) in [6.45, 7) is 6.35. The van der Waals surface area contributed by atoms with Crippen LogP contribution in [0.4, 0.5) is 0 Å². The molecular weight excluding hydrogens is 673 g/mol. The van der Waals surface area contributed by atoms with Crippen LogP contribution in [0.15, 0.2) is 88.8 Å². The van der Waals surface area contributed by atoms with Crippen molar-refractivity contribution in [1.29, 1.82) is 5.26 Å². The average molecular weight is 702 g/mol. The van der Waals surface area contributed by atoms with Crippen LogP contribution in [-0.4, -0.2) is 64.7 Å². The molecule has 0 bridgehead atoms. The van der Waals surface area contributed by atoms with Gasteiger partial charge in [0.2, 0.25) is 0 Å². The molecule has 14 heteroatoms. The number of H-pyrrole nitrogens is 1. The number of nitrogens with one attached hydrogen (secondary N) is 1. The highest BCUT2D eigenvalue weighted by Crippen LogP contribution is 2.43. The number of halogens is 1. The maximum atomic E-state index is 13.6. The molecule has 3 aromatic heterocycles. The Labute approximate surface area is 274 Å². The third-order valence-corrected chi connectivity index (χ3v) is 11.0. The summed E-state index contributed by atoms with van der Waals surface area (Å²) in [6.07, 6.45) is 6.45. The fourth-order valence-electron chi connectivity index (χ4n) is 5.83. The van der Waals surface area contributed by atoms with Gasteiger partial charge in [0.1, 0.15) is 17.9 Å². The minimum atomic E-state index is -3.94. The van der Waals surface area contributed by atoms with Crippen LogP contribution in [0.3, 0.4) is 0 Å². The lowest BCUT2D eigenvalue weighted by molar-refractivity contribution is -0.178. The highest BCUT2D eigenvalue weighted by Gasteiger charge is 2.57. The molecule has 3 unspecified atom stereocenters. The maximum Gasteiger partial charge on any atom is 0.498 e. The Bertz CT molecular complexity index is 2080. The van der Waals surface area contributed by atoms with E-state index in [1.807, 2.05) is 32.9 Å². The Morgan fingerprint density at radius 3 is 2.65 bits per heavy atom. The molecule has 2 aliphatic rings. The van der Waals surface area contributed by atoms with Crippen LogP contribution in [0.5, 0.6) is 5.75 Å². The SMILES string of the molecule is CC1(C)OB(c2cn[nH]c2)OC1(C)CC1OCC1Oc1ccc(-c2cn(S(=O)(=O)c3ccccc3)c3ncc(Br)cc23)cc1C#N. The summed E-state index contributed by atoms with van der Waals surface area (Å²) in [5, 5.41) is 17.5. The van der Waals surface area contributed by atoms with Crippen molar-refractivity contribution in [2.24, 2.45) is 0 Å². The normalized spacial score (nSPS) is 22.5. The zero-order chi connectivity index (χ0) is 32.3. The van der Waals surface area contributed by atoms with E-state index in [0.29, 0.717) is 45.3 Å². The number of aromatic nitrogens is 4. The standard InChI is InChI=1S/C32H29BBrN5O6S/c1-31(2)32(3,45-33(44-31)22-15-37-38-16-22)13-28-29(19-42-28)43-27-10-9-20(11-21(27)14-35)26-18-39(30-25(26)12-23(34)17-36-30)46(40,41)24-7-5-4-6-8-24/h4-12,15-18,28-29H,13,19H2,1-3H3,(H,37,38). The predicted octanol–water partition coefficient (Wildman–Crippen LogP) is 4.81. The zero-order valence-electron chi connectivity index (χ0n) is 25.2. The van der Waals surface area contributed by atoms with E-state index in [1.165, 1.54) is 3.97 Å². The van der Waals surface area contributed by atoms with Gasteiger partial charge in [-0.2, -0.15) is 10.4 Å². The van der Waals surface area contributed by atoms with Gasteiger partial charge in [-0.15, -0.1) is 0 Å². The minimum absolute atomic E-state index is 0.144. The Morgan fingerprint density at radius 1 is 1.15 bits per heavy atom. The molecule has 0 spiro atoms. The van der Waals surface area contributed by atoms with Gasteiger partial charge in [0, 0.05) is 52.1 Å². The van der Waals surface area contributed by atoms with Crippen LogP contribution in [0.2, 0.25) is 0 Å². The van der Waals surface area contributed by atoms with Gasteiger partial charge >= 0.3 is 7.12 Å². The summed E-state index contributed by atoms with van der Waals surface area (Å²) >= 11 is 3.46. The number of hydrogen-bond acceptors (Lipinski definition) is 9. The summed E-state index contributed by atoms with van der Waals surface area (Å²) in [5.74, 6) is 0.411. The van der Waals surface area contributed by atoms with Crippen LogP contribution in [0, 0.1) is 11.3 Å². The summed E-state index contributed by atoms with van der Waals surface area (Å²) < 4.78 is 54.0. The summed E-state index contributed by atoms with van der Waals surface area (Å²) in [6, 6.07) is 17.5. The van der Waals surface area contributed by atoms with E-state index in [0.717, 1.165) is 5.46 Å². The molecule has 46 heavy (non-hydrogen) atoms. The number of nitrogens with zero attached hydrogens (tertiary/aromatic N) is 4. The lowest BCUT2D eigenvalue weighted by Gasteiger charge is -2.44. The van der Waals surface area contributed by atoms with Crippen LogP contribution in [0.1, 0.15) is 32.8 Å². The average Bonchev–Trinajstić information content (AvgIpc) is 3.76. The van der Waals surface area contributed by atoms with E-state index >= 15 is 0 Å². The first kappa shape index (κ1) is 30.6. The Kier molecular flexibility index (Phi) is 7.57. The van der Waals surface area contributed by atoms with Gasteiger partial charge in [0.25, 0.3) is 10.0 Å². The second-order valence-electron chi connectivity index (χ2n) is 12.1. The van der Waals surface area contributed by atoms with Gasteiger partial charge in [0.15, 0.2) is 5.65 Å². The molecular formula is C32H29BBrN5O6S. The Morgan fingerprint density at radius 2 is 1.96 bits per heavy atom. The van der Waals surface area contributed by atoms with E-state index in [-0.39, 0.29) is 22.8 Å². The first-order chi connectivity index (χ1) is 22.0. The highest BCUT2D eigenvalue weighted by molar-refractivity contribution is 9.10. The van der Waals surface area contributed by atoms with Gasteiger partial charge in [-0.3, -0.25) is 5.10 Å². The number of rotatable bonds is 8. The fraction of sp³-hybridized carbons (Fsp3) is 0.281. The summed E-state index contributed by atoms with van der Waals surface area (Å²) in [4.78, 5) is 4.58. The van der Waals surface area contributed by atoms with Crippen molar-refractivity contribution in [2.75, 3.05) is 6.61 Å². The number of ether oxygens (including phenoxy) is 2. The second kappa shape index (κ2) is 11.4. The van der Waals surface area contributed by atoms with Crippen molar-refractivity contribution in [2.45, 2.75) is 55.5 Å². The van der Waals surface area contributed by atoms with Gasteiger partial charge in [-0.25, -0.2) is 17.4 Å². The first-order valence-electron chi connectivity index (χ1n) is 14.6. The van der Waals surface area contributed by atoms with Crippen molar-refractivity contribution in [3.05, 3.63) is 89.4 Å². The van der Waals surface area contributed by atoms with Crippen LogP contribution in [-0.2, 0) is 24.1 Å². The topological polar surface area (TPSA) is 141 Å². The molecule has 2 saturated heterocycles. The van der Waals surface area contributed by atoms with Crippen LogP contribution >= 0.6 is 15.9 Å². The van der Waals surface area contributed by atoms with Crippen molar-refractivity contribution in [3.63, 3.8) is 0 Å². The van der Waals surface area contributed by atoms with Crippen LogP contribution in [0.25, 0.3) is 22.2 Å². The number of aromatic amines is 1. The number of benzene rings is 2. The molecule has 3 atom stereocenters. The zero-order valence-corrected chi connectivity index (χ0v) is 27.6. The van der Waals surface area contributed by atoms with E-state index in [1.54, 1.807) is 67.3 Å². The third kappa shape index (κ3) is 5.22. The van der Waals surface area contributed by atoms with Gasteiger partial charge < -0.3 is 18.8 Å². The lowest BCUT2D eigenvalue weighted by Crippen LogP contribution is -2.56. The quantitative estimate of drug-likeness (QED) is 0.226. The predicted molar refractivity (Wildman–Crippen MR) is 174 cm³/mol. The number of nitriles is 1. The number of hydrogen-bond donors (Lipinski definition) is 1. The summed E-state index contributed by atoms with van der Waals surface area (Å²) in [7, 11) is -4.49. The second-order valence-corrected chi connectivity index (χ2v) is 14.8. The molecule has 2 aliphatic heterocycles. The smallest absolute Gasteiger partial charge is 0.484 e. The molecule has 0 saturated carbocycles. The maximum absolute atomic E-state index is 13.6. The molecule has 234 valence electrons. The van der Waals surface area contributed by atoms with Crippen molar-refractivity contribution < 1.29 is 27.2 Å². The molecule has 0 aliphatic carbocycles. The lowest BCUT2D eigenvalue weighted by atomic mass is 9.80. The Hall–Kier alpha value is -4.00. The summed E-state index contributed by atoms with van der Waals surface area (Å²) in [5.41, 5.74) is 1.35. The van der Waals surface area contributed by atoms with E-state index in [9.17, 15) is 13.7 Å².